The number of allylic oxidation sites excluding steroid dienone is 2. The van der Waals surface area contributed by atoms with Gasteiger partial charge < -0.3 is 0 Å². The number of unbranched alkanes of at least 4 members (excludes halogenated alkanes) is 6. The second-order valence-electron chi connectivity index (χ2n) is 3.44. The van der Waals surface area contributed by atoms with Gasteiger partial charge in [0.2, 0.25) is 0 Å². The van der Waals surface area contributed by atoms with Crippen LogP contribution in [0, 0.1) is 12.3 Å². The highest BCUT2D eigenvalue weighted by molar-refractivity contribution is 4.96. The minimum absolute atomic E-state index is 0.788. The molecule has 0 unspecified atom stereocenters. The summed E-state index contributed by atoms with van der Waals surface area (Å²) in [6, 6.07) is 0. The molecule has 0 aliphatic rings. The lowest BCUT2D eigenvalue weighted by atomic mass is 10.1. The molecule has 0 saturated heterocycles. The van der Waals surface area contributed by atoms with Crippen molar-refractivity contribution >= 4 is 0 Å². The van der Waals surface area contributed by atoms with E-state index < -0.39 is 0 Å². The molecule has 0 nitrogen and oxygen atoms in total. The van der Waals surface area contributed by atoms with Crippen LogP contribution in [0.2, 0.25) is 0 Å². The first-order valence-corrected chi connectivity index (χ1v) is 5.50. The Labute approximate surface area is 83.4 Å². The van der Waals surface area contributed by atoms with E-state index in [-0.39, 0.29) is 0 Å². The largest absolute Gasteiger partial charge is 0.120 e. The number of hydrogen-bond donors (Lipinski definition) is 0. The van der Waals surface area contributed by atoms with E-state index >= 15 is 0 Å². The van der Waals surface area contributed by atoms with Crippen LogP contribution >= 0.6 is 0 Å². The second-order valence-corrected chi connectivity index (χ2v) is 3.44. The van der Waals surface area contributed by atoms with Crippen molar-refractivity contribution in [3.63, 3.8) is 0 Å². The maximum absolute atomic E-state index is 5.12. The zero-order chi connectivity index (χ0) is 9.78. The van der Waals surface area contributed by atoms with Crippen molar-refractivity contribution in [1.82, 2.24) is 0 Å². The standard InChI is InChI=1S/C13H22/c1-3-5-7-9-11-13-12-10-8-6-4-2/h1,7,9H,4-6,8,10-13H2,2H3/b9-7+. The Hall–Kier alpha value is -0.700. The van der Waals surface area contributed by atoms with Crippen LogP contribution in [0.15, 0.2) is 12.2 Å². The molecule has 0 aliphatic carbocycles. The van der Waals surface area contributed by atoms with Crippen LogP contribution in [0.1, 0.15) is 58.3 Å². The molecule has 13 heavy (non-hydrogen) atoms. The third-order valence-corrected chi connectivity index (χ3v) is 2.13. The zero-order valence-corrected chi connectivity index (χ0v) is 8.89. The van der Waals surface area contributed by atoms with E-state index in [0.717, 1.165) is 6.42 Å². The zero-order valence-electron chi connectivity index (χ0n) is 8.89. The molecule has 0 aromatic rings. The smallest absolute Gasteiger partial charge is 0.0267 e. The fourth-order valence-electron chi connectivity index (χ4n) is 1.31. The Balaban J connectivity index is 2.96. The fourth-order valence-corrected chi connectivity index (χ4v) is 1.31. The van der Waals surface area contributed by atoms with Crippen LogP contribution in [0.3, 0.4) is 0 Å². The molecule has 74 valence electrons. The van der Waals surface area contributed by atoms with Crippen LogP contribution in [0.25, 0.3) is 0 Å². The van der Waals surface area contributed by atoms with Crippen molar-refractivity contribution in [2.75, 3.05) is 0 Å². The molecule has 0 saturated carbocycles. The first kappa shape index (κ1) is 12.3. The molecule has 0 radical (unpaired) electrons. The van der Waals surface area contributed by atoms with Gasteiger partial charge in [-0.3, -0.25) is 0 Å². The summed E-state index contributed by atoms with van der Waals surface area (Å²) in [4.78, 5) is 0. The van der Waals surface area contributed by atoms with Gasteiger partial charge in [0.05, 0.1) is 0 Å². The Morgan fingerprint density at radius 2 is 1.69 bits per heavy atom. The summed E-state index contributed by atoms with van der Waals surface area (Å²) in [5.41, 5.74) is 0. The van der Waals surface area contributed by atoms with Crippen LogP contribution < -0.4 is 0 Å². The van der Waals surface area contributed by atoms with E-state index in [4.69, 9.17) is 6.42 Å². The first-order valence-electron chi connectivity index (χ1n) is 5.50. The molecule has 0 atom stereocenters. The summed E-state index contributed by atoms with van der Waals surface area (Å²) >= 11 is 0. The van der Waals surface area contributed by atoms with Crippen LogP contribution in [0.4, 0.5) is 0 Å². The number of terminal acetylenes is 1. The minimum Gasteiger partial charge on any atom is -0.120 e. The van der Waals surface area contributed by atoms with Crippen molar-refractivity contribution in [1.29, 1.82) is 0 Å². The lowest BCUT2D eigenvalue weighted by Gasteiger charge is -1.97. The molecule has 0 amide bonds. The van der Waals surface area contributed by atoms with E-state index in [0.29, 0.717) is 0 Å². The first-order chi connectivity index (χ1) is 6.41. The molecule has 0 aromatic carbocycles. The number of hydrogen-bond acceptors (Lipinski definition) is 0. The van der Waals surface area contributed by atoms with E-state index in [1.807, 2.05) is 0 Å². The Bertz CT molecular complexity index is 148. The van der Waals surface area contributed by atoms with Gasteiger partial charge >= 0.3 is 0 Å². The van der Waals surface area contributed by atoms with Crippen LogP contribution in [0.5, 0.6) is 0 Å². The maximum atomic E-state index is 5.12. The third-order valence-electron chi connectivity index (χ3n) is 2.13. The Morgan fingerprint density at radius 3 is 2.38 bits per heavy atom. The van der Waals surface area contributed by atoms with Gasteiger partial charge in [-0.15, -0.1) is 12.3 Å². The molecular weight excluding hydrogens is 156 g/mol. The van der Waals surface area contributed by atoms with Gasteiger partial charge in [-0.05, 0) is 12.8 Å². The fraction of sp³-hybridized carbons (Fsp3) is 0.692. The minimum atomic E-state index is 0.788. The highest BCUT2D eigenvalue weighted by Crippen LogP contribution is 2.07. The maximum Gasteiger partial charge on any atom is 0.0267 e. The topological polar surface area (TPSA) is 0 Å². The lowest BCUT2D eigenvalue weighted by molar-refractivity contribution is 0.611. The van der Waals surface area contributed by atoms with Gasteiger partial charge in [-0.1, -0.05) is 51.2 Å². The molecule has 0 spiro atoms. The van der Waals surface area contributed by atoms with Crippen molar-refractivity contribution in [2.24, 2.45) is 0 Å². The van der Waals surface area contributed by atoms with Gasteiger partial charge in [0.1, 0.15) is 0 Å². The van der Waals surface area contributed by atoms with Crippen LogP contribution in [-0.2, 0) is 0 Å². The molecule has 0 rings (SSSR count). The van der Waals surface area contributed by atoms with Gasteiger partial charge in [-0.2, -0.15) is 0 Å². The highest BCUT2D eigenvalue weighted by atomic mass is 13.9. The summed E-state index contributed by atoms with van der Waals surface area (Å²) in [6.07, 6.45) is 19.6. The molecule has 0 N–H and O–H groups in total. The Kier molecular flexibility index (Phi) is 10.7. The normalized spacial score (nSPS) is 10.5. The van der Waals surface area contributed by atoms with Gasteiger partial charge in [0, 0.05) is 6.42 Å². The lowest BCUT2D eigenvalue weighted by Crippen LogP contribution is -1.77. The predicted molar refractivity (Wildman–Crippen MR) is 60.6 cm³/mol. The van der Waals surface area contributed by atoms with E-state index in [2.05, 4.69) is 25.0 Å². The molecule has 0 aromatic heterocycles. The average molecular weight is 178 g/mol. The summed E-state index contributed by atoms with van der Waals surface area (Å²) in [5, 5.41) is 0. The van der Waals surface area contributed by atoms with Crippen molar-refractivity contribution in [3.8, 4) is 12.3 Å². The molecule has 0 bridgehead atoms. The summed E-state index contributed by atoms with van der Waals surface area (Å²) in [7, 11) is 0. The molecule has 0 aliphatic heterocycles. The van der Waals surface area contributed by atoms with Crippen molar-refractivity contribution < 1.29 is 0 Å². The van der Waals surface area contributed by atoms with Crippen molar-refractivity contribution in [3.05, 3.63) is 12.2 Å². The summed E-state index contributed by atoms with van der Waals surface area (Å²) in [5.74, 6) is 2.60. The predicted octanol–water partition coefficient (Wildman–Crippen LogP) is 4.32. The number of rotatable bonds is 8. The molecular formula is C13H22. The van der Waals surface area contributed by atoms with Gasteiger partial charge in [-0.25, -0.2) is 0 Å². The Morgan fingerprint density at radius 1 is 1.00 bits per heavy atom. The molecule has 0 fully saturated rings. The van der Waals surface area contributed by atoms with E-state index in [9.17, 15) is 0 Å². The quantitative estimate of drug-likeness (QED) is 0.295. The molecule has 0 heterocycles. The molecule has 0 heteroatoms. The second kappa shape index (κ2) is 11.3. The summed E-state index contributed by atoms with van der Waals surface area (Å²) in [6.45, 7) is 2.25. The third kappa shape index (κ3) is 11.3. The van der Waals surface area contributed by atoms with E-state index in [1.165, 1.54) is 44.9 Å². The summed E-state index contributed by atoms with van der Waals surface area (Å²) < 4.78 is 0. The monoisotopic (exact) mass is 178 g/mol. The average Bonchev–Trinajstić information content (AvgIpc) is 2.16. The highest BCUT2D eigenvalue weighted by Gasteiger charge is 1.87. The van der Waals surface area contributed by atoms with Crippen LogP contribution in [-0.4, -0.2) is 0 Å². The SMILES string of the molecule is C#CC/C=C/CCCCCCCC. The van der Waals surface area contributed by atoms with Crippen molar-refractivity contribution in [2.45, 2.75) is 58.3 Å². The van der Waals surface area contributed by atoms with Gasteiger partial charge in [0.25, 0.3) is 0 Å². The van der Waals surface area contributed by atoms with E-state index in [1.54, 1.807) is 0 Å². The van der Waals surface area contributed by atoms with Gasteiger partial charge in [0.15, 0.2) is 0 Å².